The van der Waals surface area contributed by atoms with Crippen LogP contribution in [0.1, 0.15) is 11.1 Å². The molecule has 1 aromatic carbocycles. The van der Waals surface area contributed by atoms with Gasteiger partial charge in [-0.05, 0) is 24.0 Å². The van der Waals surface area contributed by atoms with E-state index in [2.05, 4.69) is 0 Å². The van der Waals surface area contributed by atoms with Crippen molar-refractivity contribution in [2.75, 3.05) is 0 Å². The van der Waals surface area contributed by atoms with Crippen LogP contribution in [0.2, 0.25) is 0 Å². The zero-order valence-electron chi connectivity index (χ0n) is 7.64. The lowest BCUT2D eigenvalue weighted by molar-refractivity contribution is -0.314. The maximum Gasteiger partial charge on any atom is 0.0664 e. The van der Waals surface area contributed by atoms with Crippen molar-refractivity contribution < 1.29 is 15.0 Å². The number of aliphatic hydroxyl groups excluding tert-OH is 1. The molecule has 0 saturated carbocycles. The Bertz CT molecular complexity index is 359. The maximum absolute atomic E-state index is 10.7. The summed E-state index contributed by atoms with van der Waals surface area (Å²) in [6, 6.07) is 7.59. The molecule has 0 bridgehead atoms. The minimum absolute atomic E-state index is 0.375. The predicted octanol–water partition coefficient (Wildman–Crippen LogP) is -0.488. The summed E-state index contributed by atoms with van der Waals surface area (Å²) in [6.45, 7) is 0. The number of hydrogen-bond acceptors (Lipinski definition) is 3. The average Bonchev–Trinajstić information content (AvgIpc) is 2.16. The summed E-state index contributed by atoms with van der Waals surface area (Å²) < 4.78 is 0. The van der Waals surface area contributed by atoms with Crippen molar-refractivity contribution in [2.24, 2.45) is 5.92 Å². The van der Waals surface area contributed by atoms with E-state index < -0.39 is 18.0 Å². The highest BCUT2D eigenvalue weighted by atomic mass is 16.4. The first-order valence-electron chi connectivity index (χ1n) is 4.64. The molecule has 2 atom stereocenters. The van der Waals surface area contributed by atoms with Crippen LogP contribution in [0.3, 0.4) is 0 Å². The number of carboxylic acid groups (broad SMARTS) is 1. The molecule has 1 aromatic rings. The lowest BCUT2D eigenvalue weighted by Gasteiger charge is -2.30. The van der Waals surface area contributed by atoms with Gasteiger partial charge in [0.05, 0.1) is 6.10 Å². The Kier molecular flexibility index (Phi) is 2.25. The minimum atomic E-state index is -1.16. The summed E-state index contributed by atoms with van der Waals surface area (Å²) in [7, 11) is 0. The van der Waals surface area contributed by atoms with E-state index in [9.17, 15) is 15.0 Å². The number of carboxylic acids is 1. The molecule has 1 N–H and O–H groups in total. The zero-order chi connectivity index (χ0) is 10.1. The van der Waals surface area contributed by atoms with Gasteiger partial charge in [0, 0.05) is 11.9 Å². The molecule has 0 heterocycles. The molecule has 0 amide bonds. The molecule has 1 aliphatic carbocycles. The molecule has 74 valence electrons. The minimum Gasteiger partial charge on any atom is -0.550 e. The second-order valence-corrected chi connectivity index (χ2v) is 3.67. The fourth-order valence-corrected chi connectivity index (χ4v) is 1.94. The van der Waals surface area contributed by atoms with E-state index in [1.54, 1.807) is 0 Å². The van der Waals surface area contributed by atoms with Crippen molar-refractivity contribution in [1.29, 1.82) is 0 Å². The summed E-state index contributed by atoms with van der Waals surface area (Å²) in [4.78, 5) is 10.7. The third-order valence-electron chi connectivity index (χ3n) is 2.75. The van der Waals surface area contributed by atoms with Crippen LogP contribution in [0.15, 0.2) is 24.3 Å². The van der Waals surface area contributed by atoms with Crippen molar-refractivity contribution in [3.05, 3.63) is 35.4 Å². The summed E-state index contributed by atoms with van der Waals surface area (Å²) in [5.41, 5.74) is 2.05. The van der Waals surface area contributed by atoms with E-state index in [0.29, 0.717) is 12.8 Å². The Hall–Kier alpha value is -1.35. The first kappa shape index (κ1) is 9.21. The number of hydrogen-bond donors (Lipinski definition) is 1. The number of aliphatic hydroxyl groups is 1. The number of benzene rings is 1. The first-order valence-corrected chi connectivity index (χ1v) is 4.64. The molecular weight excluding hydrogens is 180 g/mol. The van der Waals surface area contributed by atoms with Crippen LogP contribution in [0.4, 0.5) is 0 Å². The summed E-state index contributed by atoms with van der Waals surface area (Å²) in [5.74, 6) is -1.92. The molecule has 0 radical (unpaired) electrons. The smallest absolute Gasteiger partial charge is 0.0664 e. The average molecular weight is 191 g/mol. The Morgan fingerprint density at radius 1 is 1.29 bits per heavy atom. The highest BCUT2D eigenvalue weighted by molar-refractivity contribution is 5.69. The van der Waals surface area contributed by atoms with Crippen LogP contribution in [-0.4, -0.2) is 17.2 Å². The molecular formula is C11H11O3-. The lowest BCUT2D eigenvalue weighted by atomic mass is 9.82. The van der Waals surface area contributed by atoms with Gasteiger partial charge in [0.1, 0.15) is 0 Å². The molecule has 14 heavy (non-hydrogen) atoms. The third kappa shape index (κ3) is 1.51. The highest BCUT2D eigenvalue weighted by Gasteiger charge is 2.27. The van der Waals surface area contributed by atoms with Gasteiger partial charge in [0.2, 0.25) is 0 Å². The van der Waals surface area contributed by atoms with Crippen molar-refractivity contribution in [3.63, 3.8) is 0 Å². The van der Waals surface area contributed by atoms with E-state index in [1.807, 2.05) is 24.3 Å². The van der Waals surface area contributed by atoms with Crippen LogP contribution < -0.4 is 5.11 Å². The van der Waals surface area contributed by atoms with Crippen LogP contribution in [0.25, 0.3) is 0 Å². The molecule has 0 aromatic heterocycles. The zero-order valence-corrected chi connectivity index (χ0v) is 7.64. The lowest BCUT2D eigenvalue weighted by Crippen LogP contribution is -2.43. The molecule has 1 aliphatic rings. The van der Waals surface area contributed by atoms with Crippen LogP contribution >= 0.6 is 0 Å². The monoisotopic (exact) mass is 191 g/mol. The Labute approximate surface area is 82.0 Å². The predicted molar refractivity (Wildman–Crippen MR) is 48.4 cm³/mol. The number of carbonyl (C=O) groups is 1. The van der Waals surface area contributed by atoms with Gasteiger partial charge in [-0.3, -0.25) is 0 Å². The maximum atomic E-state index is 10.7. The Balaban J connectivity index is 2.31. The van der Waals surface area contributed by atoms with Crippen molar-refractivity contribution in [3.8, 4) is 0 Å². The van der Waals surface area contributed by atoms with Gasteiger partial charge in [0.15, 0.2) is 0 Å². The van der Waals surface area contributed by atoms with E-state index in [-0.39, 0.29) is 0 Å². The topological polar surface area (TPSA) is 60.4 Å². The summed E-state index contributed by atoms with van der Waals surface area (Å²) in [5, 5.41) is 20.3. The first-order chi connectivity index (χ1) is 6.68. The second kappa shape index (κ2) is 3.42. The standard InChI is InChI=1S/C11H12O3/c12-10-6-8-4-2-1-3-7(8)5-9(10)11(13)14/h1-4,9-10,12H,5-6H2,(H,13,14)/p-1/t9-,10+/m1/s1. The molecule has 2 rings (SSSR count). The van der Waals surface area contributed by atoms with Crippen molar-refractivity contribution in [2.45, 2.75) is 18.9 Å². The number of aliphatic carboxylic acids is 1. The number of rotatable bonds is 1. The van der Waals surface area contributed by atoms with Gasteiger partial charge < -0.3 is 15.0 Å². The number of carbonyl (C=O) groups excluding carboxylic acids is 1. The molecule has 0 aliphatic heterocycles. The fraction of sp³-hybridized carbons (Fsp3) is 0.364. The van der Waals surface area contributed by atoms with Gasteiger partial charge in [-0.25, -0.2) is 0 Å². The van der Waals surface area contributed by atoms with Gasteiger partial charge >= 0.3 is 0 Å². The molecule has 3 heteroatoms. The molecule has 0 saturated heterocycles. The highest BCUT2D eigenvalue weighted by Crippen LogP contribution is 2.25. The number of fused-ring (bicyclic) bond motifs is 1. The van der Waals surface area contributed by atoms with E-state index in [4.69, 9.17) is 0 Å². The Morgan fingerprint density at radius 3 is 2.43 bits per heavy atom. The summed E-state index contributed by atoms with van der Waals surface area (Å²) >= 11 is 0. The normalized spacial score (nSPS) is 25.5. The van der Waals surface area contributed by atoms with Crippen LogP contribution in [0, 0.1) is 5.92 Å². The van der Waals surface area contributed by atoms with Gasteiger partial charge in [-0.1, -0.05) is 24.3 Å². The van der Waals surface area contributed by atoms with E-state index >= 15 is 0 Å². The van der Waals surface area contributed by atoms with Gasteiger partial charge in [-0.2, -0.15) is 0 Å². The van der Waals surface area contributed by atoms with Crippen LogP contribution in [-0.2, 0) is 17.6 Å². The fourth-order valence-electron chi connectivity index (χ4n) is 1.94. The second-order valence-electron chi connectivity index (χ2n) is 3.67. The SMILES string of the molecule is O=C([O-])[C@@H]1Cc2ccccc2C[C@@H]1O. The van der Waals surface area contributed by atoms with Gasteiger partial charge in [0.25, 0.3) is 0 Å². The van der Waals surface area contributed by atoms with Gasteiger partial charge in [-0.15, -0.1) is 0 Å². The quantitative estimate of drug-likeness (QED) is 0.651. The van der Waals surface area contributed by atoms with E-state index in [0.717, 1.165) is 11.1 Å². The third-order valence-corrected chi connectivity index (χ3v) is 2.75. The van der Waals surface area contributed by atoms with Crippen LogP contribution in [0.5, 0.6) is 0 Å². The largest absolute Gasteiger partial charge is 0.550 e. The Morgan fingerprint density at radius 2 is 1.86 bits per heavy atom. The van der Waals surface area contributed by atoms with Crippen molar-refractivity contribution in [1.82, 2.24) is 0 Å². The molecule has 0 fully saturated rings. The van der Waals surface area contributed by atoms with E-state index in [1.165, 1.54) is 0 Å². The molecule has 3 nitrogen and oxygen atoms in total. The van der Waals surface area contributed by atoms with Crippen molar-refractivity contribution >= 4 is 5.97 Å². The molecule has 0 spiro atoms. The summed E-state index contributed by atoms with van der Waals surface area (Å²) in [6.07, 6.45) is -0.0241. The molecule has 0 unspecified atom stereocenters.